The molecule has 5 nitrogen and oxygen atoms in total. The fraction of sp³-hybridized carbons (Fsp3) is 0.105. The Balaban J connectivity index is 1.87. The minimum absolute atomic E-state index is 0.0520. The Hall–Kier alpha value is -2.99. The van der Waals surface area contributed by atoms with Gasteiger partial charge in [-0.05, 0) is 31.2 Å². The van der Waals surface area contributed by atoms with Crippen molar-refractivity contribution in [1.29, 1.82) is 0 Å². The number of hydrogen-bond acceptors (Lipinski definition) is 4. The molecule has 25 heavy (non-hydrogen) atoms. The largest absolute Gasteiger partial charge is 0.451 e. The summed E-state index contributed by atoms with van der Waals surface area (Å²) < 4.78 is 8.60. The third-order valence-corrected chi connectivity index (χ3v) is 5.01. The van der Waals surface area contributed by atoms with Crippen molar-refractivity contribution < 1.29 is 9.21 Å². The second kappa shape index (κ2) is 6.14. The lowest BCUT2D eigenvalue weighted by Gasteiger charge is -2.00. The van der Waals surface area contributed by atoms with Crippen LogP contribution in [0.3, 0.4) is 0 Å². The van der Waals surface area contributed by atoms with Crippen molar-refractivity contribution in [3.05, 3.63) is 75.4 Å². The molecule has 2 aromatic heterocycles. The molecule has 4 rings (SSSR count). The fourth-order valence-electron chi connectivity index (χ4n) is 2.76. The van der Waals surface area contributed by atoms with Gasteiger partial charge in [0.2, 0.25) is 0 Å². The van der Waals surface area contributed by atoms with E-state index in [1.165, 1.54) is 17.4 Å². The minimum Gasteiger partial charge on any atom is -0.451 e. The van der Waals surface area contributed by atoms with E-state index in [1.54, 1.807) is 24.3 Å². The molecule has 0 atom stereocenters. The molecule has 2 heterocycles. The van der Waals surface area contributed by atoms with Gasteiger partial charge >= 0.3 is 5.91 Å². The lowest BCUT2D eigenvalue weighted by molar-refractivity contribution is 0.0972. The first kappa shape index (κ1) is 15.5. The highest BCUT2D eigenvalue weighted by atomic mass is 32.1. The number of carbonyl (C=O) groups excluding carboxylic acids is 1. The van der Waals surface area contributed by atoms with E-state index in [1.807, 2.05) is 35.8 Å². The maximum atomic E-state index is 12.5. The van der Waals surface area contributed by atoms with Crippen molar-refractivity contribution in [3.8, 4) is 0 Å². The monoisotopic (exact) mass is 350 g/mol. The Morgan fingerprint density at radius 3 is 2.76 bits per heavy atom. The predicted molar refractivity (Wildman–Crippen MR) is 97.9 cm³/mol. The smallest absolute Gasteiger partial charge is 0.315 e. The first-order chi connectivity index (χ1) is 12.2. The van der Waals surface area contributed by atoms with Crippen LogP contribution in [0, 0.1) is 0 Å². The van der Waals surface area contributed by atoms with Crippen molar-refractivity contribution in [2.45, 2.75) is 13.5 Å². The summed E-state index contributed by atoms with van der Waals surface area (Å²) in [5.74, 6) is -0.611. The van der Waals surface area contributed by atoms with Crippen LogP contribution in [0.1, 0.15) is 17.5 Å². The van der Waals surface area contributed by atoms with Gasteiger partial charge in [0.25, 0.3) is 0 Å². The van der Waals surface area contributed by atoms with Gasteiger partial charge in [-0.3, -0.25) is 9.59 Å². The molecule has 0 bridgehead atoms. The molecule has 0 aliphatic rings. The SMILES string of the molecule is CCn1c(=NC(=O)c2cc(=O)c3ccccc3o2)sc2ccccc21. The molecule has 0 fully saturated rings. The van der Waals surface area contributed by atoms with Gasteiger partial charge in [-0.25, -0.2) is 0 Å². The van der Waals surface area contributed by atoms with E-state index in [0.29, 0.717) is 22.3 Å². The van der Waals surface area contributed by atoms with Crippen LogP contribution in [0.4, 0.5) is 0 Å². The Morgan fingerprint density at radius 2 is 1.92 bits per heavy atom. The summed E-state index contributed by atoms with van der Waals surface area (Å²) in [6.45, 7) is 2.69. The van der Waals surface area contributed by atoms with Crippen molar-refractivity contribution in [1.82, 2.24) is 4.57 Å². The molecule has 0 saturated carbocycles. The van der Waals surface area contributed by atoms with E-state index >= 15 is 0 Å². The topological polar surface area (TPSA) is 64.6 Å². The van der Waals surface area contributed by atoms with E-state index in [2.05, 4.69) is 4.99 Å². The Bertz CT molecular complexity index is 1230. The van der Waals surface area contributed by atoms with Crippen LogP contribution in [-0.4, -0.2) is 10.5 Å². The zero-order valence-electron chi connectivity index (χ0n) is 13.4. The lowest BCUT2D eigenvalue weighted by atomic mass is 10.2. The van der Waals surface area contributed by atoms with Crippen molar-refractivity contribution in [3.63, 3.8) is 0 Å². The van der Waals surface area contributed by atoms with Crippen LogP contribution in [-0.2, 0) is 6.54 Å². The fourth-order valence-corrected chi connectivity index (χ4v) is 3.86. The molecule has 0 N–H and O–H groups in total. The molecule has 0 aliphatic heterocycles. The number of fused-ring (bicyclic) bond motifs is 2. The Labute approximate surface area is 146 Å². The molecule has 0 spiro atoms. The number of rotatable bonds is 2. The number of aromatic nitrogens is 1. The first-order valence-electron chi connectivity index (χ1n) is 7.87. The van der Waals surface area contributed by atoms with Crippen LogP contribution in [0.5, 0.6) is 0 Å². The third-order valence-electron chi connectivity index (χ3n) is 3.95. The first-order valence-corrected chi connectivity index (χ1v) is 8.69. The second-order valence-corrected chi connectivity index (χ2v) is 6.49. The zero-order chi connectivity index (χ0) is 17.4. The molecule has 4 aromatic rings. The molecular weight excluding hydrogens is 336 g/mol. The third kappa shape index (κ3) is 2.70. The summed E-state index contributed by atoms with van der Waals surface area (Å²) in [5.41, 5.74) is 1.16. The summed E-state index contributed by atoms with van der Waals surface area (Å²) in [7, 11) is 0. The minimum atomic E-state index is -0.559. The molecular formula is C19H14N2O3S. The van der Waals surface area contributed by atoms with Gasteiger partial charge in [-0.1, -0.05) is 35.6 Å². The summed E-state index contributed by atoms with van der Waals surface area (Å²) in [5, 5.41) is 0.449. The zero-order valence-corrected chi connectivity index (χ0v) is 14.2. The maximum absolute atomic E-state index is 12.5. The van der Waals surface area contributed by atoms with Gasteiger partial charge in [-0.15, -0.1) is 0 Å². The molecule has 0 unspecified atom stereocenters. The van der Waals surface area contributed by atoms with Gasteiger partial charge in [0.15, 0.2) is 16.0 Å². The lowest BCUT2D eigenvalue weighted by Crippen LogP contribution is -2.16. The highest BCUT2D eigenvalue weighted by Crippen LogP contribution is 2.17. The van der Waals surface area contributed by atoms with Gasteiger partial charge in [0.05, 0.1) is 15.6 Å². The van der Waals surface area contributed by atoms with Crippen LogP contribution < -0.4 is 10.2 Å². The molecule has 0 radical (unpaired) electrons. The average molecular weight is 350 g/mol. The maximum Gasteiger partial charge on any atom is 0.315 e. The Kier molecular flexibility index (Phi) is 3.82. The normalized spacial score (nSPS) is 12.1. The van der Waals surface area contributed by atoms with E-state index in [0.717, 1.165) is 10.2 Å². The van der Waals surface area contributed by atoms with Crippen molar-refractivity contribution in [2.75, 3.05) is 0 Å². The number of para-hydroxylation sites is 2. The highest BCUT2D eigenvalue weighted by molar-refractivity contribution is 7.16. The van der Waals surface area contributed by atoms with E-state index in [9.17, 15) is 9.59 Å². The van der Waals surface area contributed by atoms with Crippen LogP contribution in [0.25, 0.3) is 21.2 Å². The van der Waals surface area contributed by atoms with Gasteiger partial charge in [-0.2, -0.15) is 4.99 Å². The van der Waals surface area contributed by atoms with Gasteiger partial charge < -0.3 is 8.98 Å². The molecule has 0 aliphatic carbocycles. The number of nitrogens with zero attached hydrogens (tertiary/aromatic N) is 2. The molecule has 1 amide bonds. The quantitative estimate of drug-likeness (QED) is 0.555. The number of thiazole rings is 1. The number of benzene rings is 2. The Morgan fingerprint density at radius 1 is 1.16 bits per heavy atom. The van der Waals surface area contributed by atoms with E-state index < -0.39 is 5.91 Å². The van der Waals surface area contributed by atoms with Crippen molar-refractivity contribution in [2.24, 2.45) is 4.99 Å². The summed E-state index contributed by atoms with van der Waals surface area (Å²) in [6, 6.07) is 15.9. The molecule has 2 aromatic carbocycles. The predicted octanol–water partition coefficient (Wildman–Crippen LogP) is 3.57. The summed E-state index contributed by atoms with van der Waals surface area (Å²) in [4.78, 5) is 29.5. The molecule has 124 valence electrons. The van der Waals surface area contributed by atoms with Crippen LogP contribution in [0.15, 0.2) is 68.8 Å². The van der Waals surface area contributed by atoms with E-state index in [4.69, 9.17) is 4.42 Å². The average Bonchev–Trinajstić information content (AvgIpc) is 2.98. The van der Waals surface area contributed by atoms with Crippen molar-refractivity contribution >= 4 is 38.4 Å². The number of hydrogen-bond donors (Lipinski definition) is 0. The number of amides is 1. The molecule has 6 heteroatoms. The number of carbonyl (C=O) groups is 1. The van der Waals surface area contributed by atoms with Crippen LogP contribution in [0.2, 0.25) is 0 Å². The summed E-state index contributed by atoms with van der Waals surface area (Å²) in [6.07, 6.45) is 0. The second-order valence-electron chi connectivity index (χ2n) is 5.48. The van der Waals surface area contributed by atoms with Gasteiger partial charge in [0, 0.05) is 12.6 Å². The summed E-state index contributed by atoms with van der Waals surface area (Å²) >= 11 is 1.43. The van der Waals surface area contributed by atoms with E-state index in [-0.39, 0.29) is 11.2 Å². The highest BCUT2D eigenvalue weighted by Gasteiger charge is 2.13. The van der Waals surface area contributed by atoms with Gasteiger partial charge in [0.1, 0.15) is 5.58 Å². The molecule has 0 saturated heterocycles. The standard InChI is InChI=1S/C19H14N2O3S/c1-2-21-13-8-4-6-10-17(13)25-19(21)20-18(23)16-11-14(22)12-7-3-5-9-15(12)24-16/h3-11H,2H2,1H3. The number of aryl methyl sites for hydroxylation is 1. The van der Waals surface area contributed by atoms with Crippen LogP contribution >= 0.6 is 11.3 Å².